The highest BCUT2D eigenvalue weighted by Crippen LogP contribution is 2.19. The van der Waals surface area contributed by atoms with Crippen LogP contribution in [0.15, 0.2) is 36.4 Å². The summed E-state index contributed by atoms with van der Waals surface area (Å²) in [5.41, 5.74) is 0.381. The quantitative estimate of drug-likeness (QED) is 0.315. The van der Waals surface area contributed by atoms with Crippen LogP contribution in [0, 0.1) is 0 Å². The Morgan fingerprint density at radius 1 is 1.25 bits per heavy atom. The van der Waals surface area contributed by atoms with Crippen LogP contribution >= 0.6 is 0 Å². The molecule has 0 N–H and O–H groups in total. The first-order chi connectivity index (χ1) is 9.65. The van der Waals surface area contributed by atoms with Crippen LogP contribution in [0.5, 0.6) is 11.5 Å². The van der Waals surface area contributed by atoms with Crippen molar-refractivity contribution >= 4 is 5.97 Å². The van der Waals surface area contributed by atoms with Crippen molar-refractivity contribution in [3.05, 3.63) is 36.4 Å². The minimum Gasteiger partial charge on any atom is -0.491 e. The summed E-state index contributed by atoms with van der Waals surface area (Å²) in [5.74, 6) is 1.08. The zero-order valence-corrected chi connectivity index (χ0v) is 11.5. The van der Waals surface area contributed by atoms with Gasteiger partial charge in [-0.2, -0.15) is 0 Å². The molecule has 0 spiro atoms. The van der Waals surface area contributed by atoms with Gasteiger partial charge in [-0.1, -0.05) is 6.58 Å². The topological polar surface area (TPSA) is 57.3 Å². The first-order valence-electron chi connectivity index (χ1n) is 6.45. The number of rotatable bonds is 8. The maximum atomic E-state index is 11.1. The third-order valence-corrected chi connectivity index (χ3v) is 2.60. The average molecular weight is 278 g/mol. The summed E-state index contributed by atoms with van der Waals surface area (Å²) in [6, 6.07) is 7.28. The van der Waals surface area contributed by atoms with Crippen LogP contribution in [-0.2, 0) is 14.3 Å². The second kappa shape index (κ2) is 6.96. The van der Waals surface area contributed by atoms with Gasteiger partial charge in [0, 0.05) is 5.57 Å². The molecule has 5 nitrogen and oxygen atoms in total. The molecule has 20 heavy (non-hydrogen) atoms. The van der Waals surface area contributed by atoms with E-state index in [0.717, 1.165) is 12.4 Å². The first-order valence-corrected chi connectivity index (χ1v) is 6.45. The van der Waals surface area contributed by atoms with E-state index in [9.17, 15) is 4.79 Å². The number of benzene rings is 1. The van der Waals surface area contributed by atoms with Crippen molar-refractivity contribution in [1.29, 1.82) is 0 Å². The van der Waals surface area contributed by atoms with E-state index in [0.29, 0.717) is 24.5 Å². The van der Waals surface area contributed by atoms with Gasteiger partial charge in [0.05, 0.1) is 6.61 Å². The van der Waals surface area contributed by atoms with Gasteiger partial charge in [0.25, 0.3) is 0 Å². The Morgan fingerprint density at radius 3 is 2.40 bits per heavy atom. The second-order valence-corrected chi connectivity index (χ2v) is 4.50. The molecule has 1 aromatic rings. The Hall–Kier alpha value is -2.01. The van der Waals surface area contributed by atoms with Crippen LogP contribution in [0.25, 0.3) is 0 Å². The SMILES string of the molecule is C=C(C)C(=O)OCCOc1ccc(OCC2CO2)cc1. The zero-order valence-electron chi connectivity index (χ0n) is 11.5. The molecule has 2 rings (SSSR count). The van der Waals surface area contributed by atoms with Crippen molar-refractivity contribution in [3.8, 4) is 11.5 Å². The van der Waals surface area contributed by atoms with Gasteiger partial charge < -0.3 is 18.9 Å². The summed E-state index contributed by atoms with van der Waals surface area (Å²) >= 11 is 0. The number of hydrogen-bond donors (Lipinski definition) is 0. The van der Waals surface area contributed by atoms with Crippen LogP contribution in [0.2, 0.25) is 0 Å². The molecule has 5 heteroatoms. The lowest BCUT2D eigenvalue weighted by atomic mass is 10.3. The largest absolute Gasteiger partial charge is 0.491 e. The number of epoxide rings is 1. The minimum absolute atomic E-state index is 0.197. The molecule has 1 atom stereocenters. The lowest BCUT2D eigenvalue weighted by molar-refractivity contribution is -0.139. The van der Waals surface area contributed by atoms with E-state index in [-0.39, 0.29) is 12.7 Å². The van der Waals surface area contributed by atoms with E-state index in [2.05, 4.69) is 6.58 Å². The van der Waals surface area contributed by atoms with Crippen molar-refractivity contribution in [2.75, 3.05) is 26.4 Å². The molecule has 1 unspecified atom stereocenters. The van der Waals surface area contributed by atoms with Crippen LogP contribution in [0.1, 0.15) is 6.92 Å². The average Bonchev–Trinajstić information content (AvgIpc) is 3.26. The molecule has 1 fully saturated rings. The van der Waals surface area contributed by atoms with Crippen LogP contribution in [-0.4, -0.2) is 38.5 Å². The van der Waals surface area contributed by atoms with Crippen molar-refractivity contribution in [1.82, 2.24) is 0 Å². The molecule has 1 saturated heterocycles. The molecule has 1 aromatic carbocycles. The van der Waals surface area contributed by atoms with Crippen LogP contribution in [0.3, 0.4) is 0 Å². The number of carbonyl (C=O) groups excluding carboxylic acids is 1. The Balaban J connectivity index is 1.65. The molecule has 108 valence electrons. The fourth-order valence-electron chi connectivity index (χ4n) is 1.40. The normalized spacial score (nSPS) is 16.4. The standard InChI is InChI=1S/C15H18O5/c1-11(2)15(16)18-8-7-17-12-3-5-13(6-4-12)19-9-14-10-20-14/h3-6,14H,1,7-10H2,2H3. The van der Waals surface area contributed by atoms with E-state index in [1.54, 1.807) is 6.92 Å². The fraction of sp³-hybridized carbons (Fsp3) is 0.400. The Morgan fingerprint density at radius 2 is 1.85 bits per heavy atom. The molecule has 1 aliphatic rings. The van der Waals surface area contributed by atoms with Crippen molar-refractivity contribution < 1.29 is 23.7 Å². The van der Waals surface area contributed by atoms with Gasteiger partial charge in [-0.3, -0.25) is 0 Å². The molecule has 0 bridgehead atoms. The lowest BCUT2D eigenvalue weighted by Gasteiger charge is -2.08. The van der Waals surface area contributed by atoms with E-state index in [1.807, 2.05) is 24.3 Å². The van der Waals surface area contributed by atoms with Gasteiger partial charge in [0.2, 0.25) is 0 Å². The van der Waals surface area contributed by atoms with Crippen molar-refractivity contribution in [2.45, 2.75) is 13.0 Å². The number of ether oxygens (including phenoxy) is 4. The summed E-state index contributed by atoms with van der Waals surface area (Å²) in [4.78, 5) is 11.1. The first kappa shape index (κ1) is 14.4. The van der Waals surface area contributed by atoms with E-state index in [1.165, 1.54) is 0 Å². The van der Waals surface area contributed by atoms with Gasteiger partial charge in [-0.25, -0.2) is 4.79 Å². The highest BCUT2D eigenvalue weighted by molar-refractivity contribution is 5.86. The smallest absolute Gasteiger partial charge is 0.333 e. The van der Waals surface area contributed by atoms with Crippen molar-refractivity contribution in [2.24, 2.45) is 0 Å². The lowest BCUT2D eigenvalue weighted by Crippen LogP contribution is -2.12. The second-order valence-electron chi connectivity index (χ2n) is 4.50. The third kappa shape index (κ3) is 4.93. The summed E-state index contributed by atoms with van der Waals surface area (Å²) in [6.45, 7) is 6.96. The summed E-state index contributed by atoms with van der Waals surface area (Å²) in [7, 11) is 0. The van der Waals surface area contributed by atoms with Crippen LogP contribution in [0.4, 0.5) is 0 Å². The molecule has 0 aromatic heterocycles. The number of esters is 1. The number of carbonyl (C=O) groups is 1. The molecule has 1 aliphatic heterocycles. The third-order valence-electron chi connectivity index (χ3n) is 2.60. The van der Waals surface area contributed by atoms with E-state index in [4.69, 9.17) is 18.9 Å². The number of hydrogen-bond acceptors (Lipinski definition) is 5. The summed E-state index contributed by atoms with van der Waals surface area (Å²) < 4.78 is 20.9. The molecule has 0 saturated carbocycles. The molecule has 1 heterocycles. The molecular formula is C15H18O5. The fourth-order valence-corrected chi connectivity index (χ4v) is 1.40. The van der Waals surface area contributed by atoms with Gasteiger partial charge in [0.15, 0.2) is 0 Å². The molecular weight excluding hydrogens is 260 g/mol. The Kier molecular flexibility index (Phi) is 5.01. The summed E-state index contributed by atoms with van der Waals surface area (Å²) in [5, 5.41) is 0. The molecule has 0 radical (unpaired) electrons. The zero-order chi connectivity index (χ0) is 14.4. The highest BCUT2D eigenvalue weighted by Gasteiger charge is 2.22. The highest BCUT2D eigenvalue weighted by atomic mass is 16.6. The van der Waals surface area contributed by atoms with Gasteiger partial charge in [0.1, 0.15) is 37.4 Å². The van der Waals surface area contributed by atoms with Gasteiger partial charge in [-0.15, -0.1) is 0 Å². The predicted octanol–water partition coefficient (Wildman–Crippen LogP) is 1.96. The van der Waals surface area contributed by atoms with Crippen molar-refractivity contribution in [3.63, 3.8) is 0 Å². The van der Waals surface area contributed by atoms with E-state index >= 15 is 0 Å². The van der Waals surface area contributed by atoms with Gasteiger partial charge in [-0.05, 0) is 31.2 Å². The van der Waals surface area contributed by atoms with Crippen LogP contribution < -0.4 is 9.47 Å². The molecule has 0 amide bonds. The molecule has 0 aliphatic carbocycles. The minimum atomic E-state index is -0.403. The summed E-state index contributed by atoms with van der Waals surface area (Å²) in [6.07, 6.45) is 0.244. The van der Waals surface area contributed by atoms with Gasteiger partial charge >= 0.3 is 5.97 Å². The predicted molar refractivity (Wildman–Crippen MR) is 72.9 cm³/mol. The Labute approximate surface area is 118 Å². The maximum absolute atomic E-state index is 11.1. The van der Waals surface area contributed by atoms with E-state index < -0.39 is 5.97 Å². The maximum Gasteiger partial charge on any atom is 0.333 e. The Bertz CT molecular complexity index is 462. The monoisotopic (exact) mass is 278 g/mol.